The third-order valence-electron chi connectivity index (χ3n) is 15.6. The fourth-order valence-corrected chi connectivity index (χ4v) is 11.6. The van der Waals surface area contributed by atoms with E-state index in [9.17, 15) is 39.3 Å². The van der Waals surface area contributed by atoms with E-state index in [-0.39, 0.29) is 55.2 Å². The van der Waals surface area contributed by atoms with E-state index in [0.717, 1.165) is 12.5 Å². The van der Waals surface area contributed by atoms with Gasteiger partial charge < -0.3 is 53.8 Å². The molecule has 1 amide bonds. The first-order valence-corrected chi connectivity index (χ1v) is 25.9. The van der Waals surface area contributed by atoms with Crippen molar-refractivity contribution in [3.05, 3.63) is 119 Å². The number of carbonyl (C=O) groups is 7. The first-order valence-electron chi connectivity index (χ1n) is 25.9. The van der Waals surface area contributed by atoms with E-state index in [1.807, 2.05) is 30.3 Å². The van der Waals surface area contributed by atoms with Gasteiger partial charge in [0, 0.05) is 38.0 Å². The average molecular weight is 1050 g/mol. The molecule has 7 rings (SSSR count). The highest BCUT2D eigenvalue weighted by molar-refractivity contribution is 5.94. The Balaban J connectivity index is 1.23. The molecule has 18 heteroatoms. The number of benzene rings is 3. The SMILES string of the molecule is CC(=O)O[C@@]12CO[C@@H]1C[C@H](O)[C@@]1(C)C(=O)[C@H](O)C3=C(C)[C@@H](OC(=O)[C@H](OC(=O)CCCCCCC(=O)OCc4ccccc4)[C@@H](NC(=O)OC(C)(C)C)c4ccccc4)C[C@@](O)([C@@H](OC(=O)c4ccccc4)[C@H]21)C3(C)C. The molecule has 1 heterocycles. The van der Waals surface area contributed by atoms with E-state index in [2.05, 4.69) is 5.32 Å². The largest absolute Gasteiger partial charge is 0.461 e. The lowest BCUT2D eigenvalue weighted by atomic mass is 9.44. The number of hydrogen-bond acceptors (Lipinski definition) is 17. The van der Waals surface area contributed by atoms with Gasteiger partial charge in [-0.05, 0) is 81.9 Å². The summed E-state index contributed by atoms with van der Waals surface area (Å²) in [5, 5.41) is 41.0. The van der Waals surface area contributed by atoms with Gasteiger partial charge in [0.15, 0.2) is 11.4 Å². The fourth-order valence-electron chi connectivity index (χ4n) is 11.6. The van der Waals surface area contributed by atoms with Crippen molar-refractivity contribution in [2.45, 2.75) is 173 Å². The maximum Gasteiger partial charge on any atom is 0.408 e. The van der Waals surface area contributed by atoms with E-state index in [4.69, 9.17) is 33.2 Å². The Bertz CT molecular complexity index is 2650. The number of rotatable bonds is 18. The summed E-state index contributed by atoms with van der Waals surface area (Å²) in [6, 6.07) is 23.9. The van der Waals surface area contributed by atoms with E-state index < -0.39 is 118 Å². The molecule has 3 aliphatic carbocycles. The molecule has 76 heavy (non-hydrogen) atoms. The summed E-state index contributed by atoms with van der Waals surface area (Å²) in [7, 11) is 0. The van der Waals surface area contributed by atoms with Gasteiger partial charge in [-0.3, -0.25) is 19.2 Å². The molecule has 1 saturated heterocycles. The average Bonchev–Trinajstić information content (AvgIpc) is 3.38. The molecule has 1 aliphatic heterocycles. The molecule has 0 radical (unpaired) electrons. The van der Waals surface area contributed by atoms with Crippen molar-refractivity contribution >= 4 is 41.7 Å². The van der Waals surface area contributed by atoms with Crippen LogP contribution < -0.4 is 5.32 Å². The minimum absolute atomic E-state index is 0.0531. The number of carbonyl (C=O) groups excluding carboxylic acids is 7. The summed E-state index contributed by atoms with van der Waals surface area (Å²) in [6.45, 7) is 11.9. The van der Waals surface area contributed by atoms with Gasteiger partial charge >= 0.3 is 35.9 Å². The highest BCUT2D eigenvalue weighted by Gasteiger charge is 2.78. The fraction of sp³-hybridized carbons (Fsp3) is 0.534. The molecule has 4 N–H and O–H groups in total. The molecule has 0 aromatic heterocycles. The van der Waals surface area contributed by atoms with Crippen LogP contribution in [0.25, 0.3) is 0 Å². The van der Waals surface area contributed by atoms with E-state index in [0.29, 0.717) is 31.2 Å². The number of nitrogens with one attached hydrogen (secondary N) is 1. The van der Waals surface area contributed by atoms with Crippen LogP contribution in [-0.4, -0.2) is 117 Å². The van der Waals surface area contributed by atoms with E-state index in [1.54, 1.807) is 69.3 Å². The van der Waals surface area contributed by atoms with Gasteiger partial charge in [-0.25, -0.2) is 14.4 Å². The number of esters is 5. The zero-order chi connectivity index (χ0) is 55.4. The van der Waals surface area contributed by atoms with Crippen molar-refractivity contribution in [2.75, 3.05) is 6.61 Å². The first kappa shape index (κ1) is 57.2. The number of ketones is 1. The molecule has 410 valence electrons. The molecule has 2 saturated carbocycles. The number of aliphatic hydroxyl groups excluding tert-OH is 2. The summed E-state index contributed by atoms with van der Waals surface area (Å²) in [6.07, 6.45) is -9.93. The van der Waals surface area contributed by atoms with Crippen molar-refractivity contribution < 1.29 is 82.0 Å². The third kappa shape index (κ3) is 11.7. The molecule has 3 aromatic carbocycles. The standard InChI is InChI=1S/C58H71NO17/c1-34-39(31-58(69)50(74-51(66)38-26-18-13-19-27-38)48-56(8,49(65)46(64)44(34)55(58,6)7)40(61)30-41-57(48,33-71-41)75-35(2)60)72-52(67)47(45(37-24-16-12-17-25-37)59-53(68)76-54(3,4)5)73-43(63)29-21-10-9-20-28-42(62)70-32-36-22-14-11-15-23-36/h11-19,22-27,39-41,45-48,50,61,64,69H,9-10,20-21,28-33H2,1-8H3,(H,59,68)/t39-,40-,41+,45-,46+,47+,48-,50-,56+,57-,58+/m0/s1. The Morgan fingerprint density at radius 1 is 0.816 bits per heavy atom. The highest BCUT2D eigenvalue weighted by atomic mass is 16.6. The van der Waals surface area contributed by atoms with Gasteiger partial charge in [-0.15, -0.1) is 0 Å². The summed E-state index contributed by atoms with van der Waals surface area (Å²) < 4.78 is 41.7. The number of unbranched alkanes of at least 4 members (excludes halogenated alkanes) is 3. The number of aliphatic hydroxyl groups is 3. The molecular formula is C58H71NO17. The zero-order valence-corrected chi connectivity index (χ0v) is 44.4. The maximum absolute atomic E-state index is 15.3. The van der Waals surface area contributed by atoms with Gasteiger partial charge in [-0.2, -0.15) is 0 Å². The number of ether oxygens (including phenoxy) is 7. The lowest BCUT2D eigenvalue weighted by Crippen LogP contribution is -2.81. The van der Waals surface area contributed by atoms with E-state index >= 15 is 9.59 Å². The van der Waals surface area contributed by atoms with Crippen LogP contribution in [0.5, 0.6) is 0 Å². The normalized spacial score (nSPS) is 28.3. The smallest absolute Gasteiger partial charge is 0.408 e. The Morgan fingerprint density at radius 2 is 1.41 bits per heavy atom. The molecule has 0 unspecified atom stereocenters. The summed E-state index contributed by atoms with van der Waals surface area (Å²) in [5.74, 6) is -6.67. The van der Waals surface area contributed by atoms with Gasteiger partial charge in [0.05, 0.1) is 29.6 Å². The zero-order valence-electron chi connectivity index (χ0n) is 44.4. The predicted octanol–water partition coefficient (Wildman–Crippen LogP) is 6.89. The third-order valence-corrected chi connectivity index (χ3v) is 15.6. The van der Waals surface area contributed by atoms with Crippen molar-refractivity contribution in [1.29, 1.82) is 0 Å². The second kappa shape index (κ2) is 23.0. The second-order valence-corrected chi connectivity index (χ2v) is 22.1. The van der Waals surface area contributed by atoms with Gasteiger partial charge in [0.25, 0.3) is 0 Å². The molecule has 11 atom stereocenters. The predicted molar refractivity (Wildman–Crippen MR) is 271 cm³/mol. The van der Waals surface area contributed by atoms with Crippen molar-refractivity contribution in [1.82, 2.24) is 5.32 Å². The van der Waals surface area contributed by atoms with Crippen LogP contribution in [0.2, 0.25) is 0 Å². The first-order chi connectivity index (χ1) is 35.8. The lowest BCUT2D eigenvalue weighted by Gasteiger charge is -2.67. The molecule has 3 aromatic rings. The van der Waals surface area contributed by atoms with Crippen LogP contribution in [0.1, 0.15) is 134 Å². The summed E-state index contributed by atoms with van der Waals surface area (Å²) in [4.78, 5) is 97.8. The highest BCUT2D eigenvalue weighted by Crippen LogP contribution is 2.64. The maximum atomic E-state index is 15.3. The van der Waals surface area contributed by atoms with Gasteiger partial charge in [-0.1, -0.05) is 106 Å². The minimum Gasteiger partial charge on any atom is -0.461 e. The number of hydrogen-bond donors (Lipinski definition) is 4. The van der Waals surface area contributed by atoms with Crippen LogP contribution in [0.15, 0.2) is 102 Å². The molecule has 3 fully saturated rings. The van der Waals surface area contributed by atoms with Crippen LogP contribution in [-0.2, 0) is 63.7 Å². The van der Waals surface area contributed by atoms with Crippen LogP contribution >= 0.6 is 0 Å². The summed E-state index contributed by atoms with van der Waals surface area (Å²) in [5.41, 5.74) is -7.76. The van der Waals surface area contributed by atoms with E-state index in [1.165, 1.54) is 39.8 Å². The Labute approximate surface area is 442 Å². The van der Waals surface area contributed by atoms with Crippen LogP contribution in [0, 0.1) is 16.7 Å². The van der Waals surface area contributed by atoms with Crippen molar-refractivity contribution in [2.24, 2.45) is 16.7 Å². The lowest BCUT2D eigenvalue weighted by molar-refractivity contribution is -0.346. The van der Waals surface area contributed by atoms with Gasteiger partial charge in [0.1, 0.15) is 48.3 Å². The van der Waals surface area contributed by atoms with Crippen LogP contribution in [0.4, 0.5) is 4.79 Å². The minimum atomic E-state index is -2.44. The van der Waals surface area contributed by atoms with Crippen molar-refractivity contribution in [3.63, 3.8) is 0 Å². The number of amides is 1. The van der Waals surface area contributed by atoms with Gasteiger partial charge in [0.2, 0.25) is 6.10 Å². The Kier molecular flexibility index (Phi) is 17.3. The quantitative estimate of drug-likeness (QED) is 0.0437. The molecule has 2 bridgehead atoms. The number of alkyl carbamates (subject to hydrolysis) is 1. The van der Waals surface area contributed by atoms with Crippen LogP contribution in [0.3, 0.4) is 0 Å². The Morgan fingerprint density at radius 3 is 1.99 bits per heavy atom. The number of fused-ring (bicyclic) bond motifs is 5. The summed E-state index contributed by atoms with van der Waals surface area (Å²) >= 11 is 0. The van der Waals surface area contributed by atoms with Crippen molar-refractivity contribution in [3.8, 4) is 0 Å². The Hall–Kier alpha value is -6.47. The molecule has 18 nitrogen and oxygen atoms in total. The number of Topliss-reactive ketones (excluding diaryl/α,β-unsaturated/α-hetero) is 1. The monoisotopic (exact) mass is 1050 g/mol. The second-order valence-electron chi connectivity index (χ2n) is 22.1. The molecule has 0 spiro atoms. The topological polar surface area (TPSA) is 257 Å². The molecule has 4 aliphatic rings. The molecular weight excluding hydrogens is 983 g/mol.